The zero-order chi connectivity index (χ0) is 20.6. The minimum absolute atomic E-state index is 1.09. The number of nitrogens with one attached hydrogen (secondary N) is 3. The summed E-state index contributed by atoms with van der Waals surface area (Å²) >= 11 is 0. The highest BCUT2D eigenvalue weighted by molar-refractivity contribution is 6.08. The first kappa shape index (κ1) is 17.6. The molecule has 3 N–H and O–H groups in total. The molecule has 0 aliphatic heterocycles. The number of para-hydroxylation sites is 2. The molecule has 0 atom stereocenters. The van der Waals surface area contributed by atoms with Gasteiger partial charge in [-0.2, -0.15) is 0 Å². The fourth-order valence-electron chi connectivity index (χ4n) is 4.31. The highest BCUT2D eigenvalue weighted by atomic mass is 15.0. The smallest absolute Gasteiger partial charge is 0.0725 e. The number of hydrogen-bond acceptors (Lipinski definition) is 1. The van der Waals surface area contributed by atoms with Gasteiger partial charge in [-0.05, 0) is 12.1 Å². The Hall–Kier alpha value is -4.24. The van der Waals surface area contributed by atoms with Crippen molar-refractivity contribution in [2.45, 2.75) is 0 Å². The molecule has 6 aromatic rings. The first-order chi connectivity index (χ1) is 15.4. The monoisotopic (exact) mass is 399 g/mol. The Morgan fingerprint density at radius 2 is 0.806 bits per heavy atom. The molecule has 0 aliphatic carbocycles. The van der Waals surface area contributed by atoms with Gasteiger partial charge in [-0.15, -0.1) is 0 Å². The maximum absolute atomic E-state index is 3.82. The van der Waals surface area contributed by atoms with E-state index in [2.05, 4.69) is 112 Å². The van der Waals surface area contributed by atoms with Crippen LogP contribution in [0.2, 0.25) is 0 Å². The summed E-state index contributed by atoms with van der Waals surface area (Å²) in [6, 6.07) is 37.9. The lowest BCUT2D eigenvalue weighted by Gasteiger charge is -2.11. The molecule has 3 nitrogen and oxygen atoms in total. The van der Waals surface area contributed by atoms with Crippen molar-refractivity contribution < 1.29 is 0 Å². The van der Waals surface area contributed by atoms with Gasteiger partial charge in [0, 0.05) is 32.9 Å². The largest absolute Gasteiger partial charge is 0.353 e. The topological polar surface area (TPSA) is 43.6 Å². The van der Waals surface area contributed by atoms with E-state index < -0.39 is 0 Å². The van der Waals surface area contributed by atoms with E-state index in [1.165, 1.54) is 10.8 Å². The van der Waals surface area contributed by atoms with Gasteiger partial charge in [0.25, 0.3) is 0 Å². The Morgan fingerprint density at radius 3 is 1.26 bits per heavy atom. The van der Waals surface area contributed by atoms with Crippen LogP contribution in [0.25, 0.3) is 44.3 Å². The molecule has 31 heavy (non-hydrogen) atoms. The van der Waals surface area contributed by atoms with Gasteiger partial charge < -0.3 is 15.3 Å². The summed E-state index contributed by atoms with van der Waals surface area (Å²) in [5.74, 6) is 0. The van der Waals surface area contributed by atoms with E-state index in [9.17, 15) is 0 Å². The molecule has 2 aromatic heterocycles. The molecule has 0 bridgehead atoms. The third-order valence-corrected chi connectivity index (χ3v) is 5.79. The lowest BCUT2D eigenvalue weighted by molar-refractivity contribution is 1.43. The highest BCUT2D eigenvalue weighted by Crippen LogP contribution is 2.42. The summed E-state index contributed by atoms with van der Waals surface area (Å²) in [6.07, 6.45) is 0. The maximum atomic E-state index is 3.82. The fourth-order valence-corrected chi connectivity index (χ4v) is 4.31. The zero-order valence-electron chi connectivity index (χ0n) is 16.9. The molecule has 6 rings (SSSR count). The number of aromatic nitrogens is 2. The van der Waals surface area contributed by atoms with Gasteiger partial charge in [-0.3, -0.25) is 0 Å². The molecule has 3 heteroatoms. The lowest BCUT2D eigenvalue weighted by atomic mass is 10.1. The van der Waals surface area contributed by atoms with Crippen LogP contribution in [-0.4, -0.2) is 9.97 Å². The molecule has 4 aromatic carbocycles. The zero-order valence-corrected chi connectivity index (χ0v) is 16.9. The molecule has 0 saturated carbocycles. The first-order valence-electron chi connectivity index (χ1n) is 10.5. The number of fused-ring (bicyclic) bond motifs is 2. The predicted molar refractivity (Wildman–Crippen MR) is 131 cm³/mol. The van der Waals surface area contributed by atoms with E-state index >= 15 is 0 Å². The van der Waals surface area contributed by atoms with E-state index in [0.29, 0.717) is 0 Å². The highest BCUT2D eigenvalue weighted by Gasteiger charge is 2.18. The van der Waals surface area contributed by atoms with Gasteiger partial charge in [-0.25, -0.2) is 0 Å². The third-order valence-electron chi connectivity index (χ3n) is 5.79. The van der Waals surface area contributed by atoms with Crippen LogP contribution in [0.3, 0.4) is 0 Å². The van der Waals surface area contributed by atoms with Crippen LogP contribution >= 0.6 is 0 Å². The molecule has 0 spiro atoms. The molecule has 0 amide bonds. The summed E-state index contributed by atoms with van der Waals surface area (Å²) in [4.78, 5) is 7.26. The van der Waals surface area contributed by atoms with Gasteiger partial charge in [0.15, 0.2) is 0 Å². The molecule has 0 radical (unpaired) electrons. The van der Waals surface area contributed by atoms with Crippen LogP contribution in [-0.2, 0) is 0 Å². The van der Waals surface area contributed by atoms with E-state index in [4.69, 9.17) is 0 Å². The number of rotatable bonds is 4. The number of aromatic amines is 2. The standard InChI is InChI=1S/C28H21N3/c1-3-11-19(12-4-1)25-27(21-15-7-9-17-23(21)29-25)31-28-22-16-8-10-18-24(22)30-26(28)20-13-5-2-6-14-20/h1-18,29-31H. The predicted octanol–water partition coefficient (Wildman–Crippen LogP) is 7.73. The van der Waals surface area contributed by atoms with E-state index in [1.807, 2.05) is 12.1 Å². The van der Waals surface area contributed by atoms with Crippen molar-refractivity contribution in [3.63, 3.8) is 0 Å². The summed E-state index contributed by atoms with van der Waals surface area (Å²) in [7, 11) is 0. The van der Waals surface area contributed by atoms with Crippen LogP contribution in [0, 0.1) is 0 Å². The van der Waals surface area contributed by atoms with Crippen molar-refractivity contribution in [2.24, 2.45) is 0 Å². The van der Waals surface area contributed by atoms with Gasteiger partial charge in [0.1, 0.15) is 0 Å². The molecule has 0 saturated heterocycles. The number of H-pyrrole nitrogens is 2. The second-order valence-corrected chi connectivity index (χ2v) is 7.70. The quantitative estimate of drug-likeness (QED) is 0.279. The molecular formula is C28H21N3. The summed E-state index contributed by atoms with van der Waals surface area (Å²) < 4.78 is 0. The molecule has 0 unspecified atom stereocenters. The number of anilines is 2. The van der Waals surface area contributed by atoms with Crippen LogP contribution < -0.4 is 5.32 Å². The third kappa shape index (κ3) is 2.99. The van der Waals surface area contributed by atoms with E-state index in [1.54, 1.807) is 0 Å². The van der Waals surface area contributed by atoms with Crippen molar-refractivity contribution in [1.29, 1.82) is 0 Å². The second-order valence-electron chi connectivity index (χ2n) is 7.70. The molecule has 0 fully saturated rings. The van der Waals surface area contributed by atoms with E-state index in [0.717, 1.165) is 44.9 Å². The van der Waals surface area contributed by atoms with Crippen molar-refractivity contribution in [3.05, 3.63) is 109 Å². The van der Waals surface area contributed by atoms with Gasteiger partial charge in [0.05, 0.1) is 22.8 Å². The Balaban J connectivity index is 1.60. The minimum atomic E-state index is 1.09. The van der Waals surface area contributed by atoms with Crippen LogP contribution in [0.15, 0.2) is 109 Å². The fraction of sp³-hybridized carbons (Fsp3) is 0. The average molecular weight is 399 g/mol. The van der Waals surface area contributed by atoms with Gasteiger partial charge in [-0.1, -0.05) is 97.1 Å². The average Bonchev–Trinajstić information content (AvgIpc) is 3.40. The Labute approximate surface area is 180 Å². The lowest BCUT2D eigenvalue weighted by Crippen LogP contribution is -1.93. The Kier molecular flexibility index (Phi) is 4.10. The molecule has 0 aliphatic rings. The maximum Gasteiger partial charge on any atom is 0.0725 e. The second kappa shape index (κ2) is 7.22. The number of hydrogen-bond donors (Lipinski definition) is 3. The van der Waals surface area contributed by atoms with Crippen molar-refractivity contribution in [3.8, 4) is 22.5 Å². The van der Waals surface area contributed by atoms with Crippen molar-refractivity contribution >= 4 is 33.2 Å². The number of benzene rings is 4. The molecular weight excluding hydrogens is 378 g/mol. The Bertz CT molecular complexity index is 1380. The normalized spacial score (nSPS) is 11.2. The van der Waals surface area contributed by atoms with Crippen LogP contribution in [0.4, 0.5) is 11.4 Å². The van der Waals surface area contributed by atoms with E-state index in [-0.39, 0.29) is 0 Å². The molecule has 148 valence electrons. The molecule has 2 heterocycles. The van der Waals surface area contributed by atoms with Gasteiger partial charge in [0.2, 0.25) is 0 Å². The van der Waals surface area contributed by atoms with Crippen LogP contribution in [0.1, 0.15) is 0 Å². The summed E-state index contributed by atoms with van der Waals surface area (Å²) in [6.45, 7) is 0. The Morgan fingerprint density at radius 1 is 0.419 bits per heavy atom. The SMILES string of the molecule is c1ccc(-c2[nH]c3ccccc3c2Nc2c(-c3ccccc3)[nH]c3ccccc23)cc1. The first-order valence-corrected chi connectivity index (χ1v) is 10.5. The summed E-state index contributed by atoms with van der Waals surface area (Å²) in [5.41, 5.74) is 8.89. The van der Waals surface area contributed by atoms with Crippen molar-refractivity contribution in [1.82, 2.24) is 9.97 Å². The van der Waals surface area contributed by atoms with Crippen molar-refractivity contribution in [2.75, 3.05) is 5.32 Å². The van der Waals surface area contributed by atoms with Gasteiger partial charge >= 0.3 is 0 Å². The van der Waals surface area contributed by atoms with Crippen LogP contribution in [0.5, 0.6) is 0 Å². The summed E-state index contributed by atoms with van der Waals surface area (Å²) in [5, 5.41) is 6.17. The minimum Gasteiger partial charge on any atom is -0.353 e.